The standard InChI is InChI=1S/C15H16Cl2N2O4/c16-11-5-1-4-10(13(11)17)15(22)23-8-12(20)19-6-2-3-9(7-19)14(18)21/h1,4-5,9H,2-3,6-8H2,(H2,18,21)/t9-/m1/s1. The Morgan fingerprint density at radius 2 is 2.04 bits per heavy atom. The van der Waals surface area contributed by atoms with Gasteiger partial charge in [0.1, 0.15) is 0 Å². The van der Waals surface area contributed by atoms with E-state index >= 15 is 0 Å². The number of likely N-dealkylation sites (tertiary alicyclic amines) is 1. The highest BCUT2D eigenvalue weighted by Crippen LogP contribution is 2.26. The first-order valence-electron chi connectivity index (χ1n) is 7.08. The number of rotatable bonds is 4. The molecular formula is C15H16Cl2N2O4. The predicted octanol–water partition coefficient (Wildman–Crippen LogP) is 1.87. The zero-order chi connectivity index (χ0) is 17.0. The van der Waals surface area contributed by atoms with Gasteiger partial charge in [0.05, 0.1) is 21.5 Å². The van der Waals surface area contributed by atoms with Gasteiger partial charge in [-0.3, -0.25) is 9.59 Å². The number of carbonyl (C=O) groups is 3. The molecule has 1 aromatic rings. The molecule has 6 nitrogen and oxygen atoms in total. The van der Waals surface area contributed by atoms with Crippen molar-refractivity contribution in [3.8, 4) is 0 Å². The maximum Gasteiger partial charge on any atom is 0.340 e. The van der Waals surface area contributed by atoms with Crippen LogP contribution in [0.1, 0.15) is 23.2 Å². The van der Waals surface area contributed by atoms with E-state index in [1.54, 1.807) is 12.1 Å². The number of nitrogens with zero attached hydrogens (tertiary/aromatic N) is 1. The molecule has 124 valence electrons. The van der Waals surface area contributed by atoms with E-state index in [1.165, 1.54) is 11.0 Å². The first-order valence-corrected chi connectivity index (χ1v) is 7.84. The summed E-state index contributed by atoms with van der Waals surface area (Å²) in [6.07, 6.45) is 1.35. The number of halogens is 2. The van der Waals surface area contributed by atoms with Gasteiger partial charge in [-0.05, 0) is 25.0 Å². The Hall–Kier alpha value is -1.79. The number of primary amides is 1. The van der Waals surface area contributed by atoms with Crippen LogP contribution in [0.25, 0.3) is 0 Å². The minimum absolute atomic E-state index is 0.0818. The summed E-state index contributed by atoms with van der Waals surface area (Å²) in [4.78, 5) is 36.8. The molecule has 1 aliphatic rings. The van der Waals surface area contributed by atoms with Crippen LogP contribution in [0.3, 0.4) is 0 Å². The van der Waals surface area contributed by atoms with Crippen LogP contribution >= 0.6 is 23.2 Å². The fraction of sp³-hybridized carbons (Fsp3) is 0.400. The smallest absolute Gasteiger partial charge is 0.340 e. The third-order valence-corrected chi connectivity index (χ3v) is 4.49. The molecule has 1 atom stereocenters. The number of hydrogen-bond donors (Lipinski definition) is 1. The number of amides is 2. The third kappa shape index (κ3) is 4.36. The first-order chi connectivity index (χ1) is 10.9. The van der Waals surface area contributed by atoms with E-state index in [9.17, 15) is 14.4 Å². The molecule has 23 heavy (non-hydrogen) atoms. The average molecular weight is 359 g/mol. The van der Waals surface area contributed by atoms with Crippen molar-refractivity contribution in [3.63, 3.8) is 0 Å². The maximum atomic E-state index is 12.1. The molecule has 1 aliphatic heterocycles. The highest BCUT2D eigenvalue weighted by molar-refractivity contribution is 6.43. The van der Waals surface area contributed by atoms with E-state index in [0.717, 1.165) is 0 Å². The molecule has 0 unspecified atom stereocenters. The van der Waals surface area contributed by atoms with Crippen molar-refractivity contribution >= 4 is 41.0 Å². The molecular weight excluding hydrogens is 343 g/mol. The Morgan fingerprint density at radius 1 is 1.30 bits per heavy atom. The second-order valence-corrected chi connectivity index (χ2v) is 6.04. The van der Waals surface area contributed by atoms with Crippen LogP contribution in [-0.4, -0.2) is 42.4 Å². The van der Waals surface area contributed by atoms with Crippen molar-refractivity contribution in [2.45, 2.75) is 12.8 Å². The lowest BCUT2D eigenvalue weighted by atomic mass is 9.97. The Bertz CT molecular complexity index is 636. The zero-order valence-corrected chi connectivity index (χ0v) is 13.8. The van der Waals surface area contributed by atoms with Crippen molar-refractivity contribution in [3.05, 3.63) is 33.8 Å². The minimum atomic E-state index is -0.727. The van der Waals surface area contributed by atoms with Crippen molar-refractivity contribution in [1.82, 2.24) is 4.90 Å². The largest absolute Gasteiger partial charge is 0.452 e. The summed E-state index contributed by atoms with van der Waals surface area (Å²) in [5, 5.41) is 0.311. The minimum Gasteiger partial charge on any atom is -0.452 e. The molecule has 2 N–H and O–H groups in total. The molecule has 0 spiro atoms. The summed E-state index contributed by atoms with van der Waals surface area (Å²) in [5.41, 5.74) is 5.37. The maximum absolute atomic E-state index is 12.1. The molecule has 1 saturated heterocycles. The van der Waals surface area contributed by atoms with E-state index in [4.69, 9.17) is 33.7 Å². The van der Waals surface area contributed by atoms with Gasteiger partial charge < -0.3 is 15.4 Å². The van der Waals surface area contributed by atoms with E-state index in [0.29, 0.717) is 19.4 Å². The van der Waals surface area contributed by atoms with Crippen LogP contribution in [0.5, 0.6) is 0 Å². The number of benzene rings is 1. The number of carbonyl (C=O) groups excluding carboxylic acids is 3. The van der Waals surface area contributed by atoms with E-state index in [1.807, 2.05) is 0 Å². The molecule has 0 aliphatic carbocycles. The first kappa shape index (κ1) is 17.6. The highest BCUT2D eigenvalue weighted by atomic mass is 35.5. The Morgan fingerprint density at radius 3 is 2.74 bits per heavy atom. The average Bonchev–Trinajstić information content (AvgIpc) is 2.55. The number of ether oxygens (including phenoxy) is 1. The highest BCUT2D eigenvalue weighted by Gasteiger charge is 2.27. The molecule has 0 bridgehead atoms. The van der Waals surface area contributed by atoms with Crippen molar-refractivity contribution in [2.24, 2.45) is 11.7 Å². The van der Waals surface area contributed by atoms with E-state index in [2.05, 4.69) is 0 Å². The van der Waals surface area contributed by atoms with Gasteiger partial charge in [0.15, 0.2) is 6.61 Å². The summed E-state index contributed by atoms with van der Waals surface area (Å²) in [7, 11) is 0. The van der Waals surface area contributed by atoms with Crippen LogP contribution in [0.15, 0.2) is 18.2 Å². The molecule has 1 aromatic carbocycles. The summed E-state index contributed by atoms with van der Waals surface area (Å²) >= 11 is 11.8. The van der Waals surface area contributed by atoms with Gasteiger partial charge in [-0.2, -0.15) is 0 Å². The van der Waals surface area contributed by atoms with Crippen molar-refractivity contribution in [1.29, 1.82) is 0 Å². The second-order valence-electron chi connectivity index (χ2n) is 5.26. The zero-order valence-electron chi connectivity index (χ0n) is 12.3. The SMILES string of the molecule is NC(=O)[C@@H]1CCCN(C(=O)COC(=O)c2cccc(Cl)c2Cl)C1. The number of piperidine rings is 1. The monoisotopic (exact) mass is 358 g/mol. The summed E-state index contributed by atoms with van der Waals surface area (Å²) in [6, 6.07) is 4.57. The van der Waals surface area contributed by atoms with Crippen LogP contribution < -0.4 is 5.73 Å². The molecule has 8 heteroatoms. The number of esters is 1. The summed E-state index contributed by atoms with van der Waals surface area (Å²) < 4.78 is 4.99. The third-order valence-electron chi connectivity index (χ3n) is 3.67. The topological polar surface area (TPSA) is 89.7 Å². The van der Waals surface area contributed by atoms with Crippen molar-refractivity contribution < 1.29 is 19.1 Å². The van der Waals surface area contributed by atoms with Gasteiger partial charge in [0.25, 0.3) is 5.91 Å². The molecule has 2 amide bonds. The quantitative estimate of drug-likeness (QED) is 0.832. The number of nitrogens with two attached hydrogens (primary N) is 1. The fourth-order valence-corrected chi connectivity index (χ4v) is 2.77. The van der Waals surface area contributed by atoms with Gasteiger partial charge in [0, 0.05) is 13.1 Å². The second kappa shape index (κ2) is 7.66. The lowest BCUT2D eigenvalue weighted by Crippen LogP contribution is -2.45. The molecule has 1 fully saturated rings. The summed E-state index contributed by atoms with van der Waals surface area (Å²) in [5.74, 6) is -1.88. The van der Waals surface area contributed by atoms with Gasteiger partial charge in [-0.1, -0.05) is 29.3 Å². The lowest BCUT2D eigenvalue weighted by Gasteiger charge is -2.31. The van der Waals surface area contributed by atoms with Crippen LogP contribution in [0.2, 0.25) is 10.0 Å². The van der Waals surface area contributed by atoms with Crippen molar-refractivity contribution in [2.75, 3.05) is 19.7 Å². The molecule has 2 rings (SSSR count). The van der Waals surface area contributed by atoms with Gasteiger partial charge in [-0.25, -0.2) is 4.79 Å². The fourth-order valence-electron chi connectivity index (χ4n) is 2.39. The van der Waals surface area contributed by atoms with Crippen LogP contribution in [0.4, 0.5) is 0 Å². The Labute approximate surface area is 143 Å². The van der Waals surface area contributed by atoms with Crippen LogP contribution in [-0.2, 0) is 14.3 Å². The Balaban J connectivity index is 1.92. The van der Waals surface area contributed by atoms with Gasteiger partial charge in [-0.15, -0.1) is 0 Å². The number of hydrogen-bond acceptors (Lipinski definition) is 4. The normalized spacial score (nSPS) is 17.7. The van der Waals surface area contributed by atoms with Crippen LogP contribution in [0, 0.1) is 5.92 Å². The molecule has 0 radical (unpaired) electrons. The Kier molecular flexibility index (Phi) is 5.85. The van der Waals surface area contributed by atoms with Gasteiger partial charge in [0.2, 0.25) is 5.91 Å². The lowest BCUT2D eigenvalue weighted by molar-refractivity contribution is -0.137. The van der Waals surface area contributed by atoms with Gasteiger partial charge >= 0.3 is 5.97 Å². The predicted molar refractivity (Wildman–Crippen MR) is 85.2 cm³/mol. The molecule has 0 saturated carbocycles. The van der Waals surface area contributed by atoms with E-state index in [-0.39, 0.29) is 34.0 Å². The molecule has 0 aromatic heterocycles. The molecule has 1 heterocycles. The van der Waals surface area contributed by atoms with E-state index < -0.39 is 18.5 Å². The summed E-state index contributed by atoms with van der Waals surface area (Å²) in [6.45, 7) is 0.342.